The fraction of sp³-hybridized carbons (Fsp3) is 0.824. The van der Waals surface area contributed by atoms with Crippen LogP contribution in [0.2, 0.25) is 0 Å². The summed E-state index contributed by atoms with van der Waals surface area (Å²) in [6, 6.07) is -1.03. The molecule has 1 rings (SSSR count). The zero-order valence-electron chi connectivity index (χ0n) is 51.0. The Hall–Kier alpha value is -2.64. The monoisotopic (exact) mass is 1110 g/mol. The first-order chi connectivity index (χ1) is 38.7. The van der Waals surface area contributed by atoms with Crippen LogP contribution in [0.25, 0.3) is 0 Å². The molecule has 79 heavy (non-hydrogen) atoms. The van der Waals surface area contributed by atoms with Crippen LogP contribution in [0.5, 0.6) is 0 Å². The highest BCUT2D eigenvalue weighted by atomic mass is 16.7. The van der Waals surface area contributed by atoms with Crippen molar-refractivity contribution in [2.75, 3.05) is 13.2 Å². The van der Waals surface area contributed by atoms with Crippen LogP contribution in [0.15, 0.2) is 60.8 Å². The van der Waals surface area contributed by atoms with Crippen LogP contribution in [0.3, 0.4) is 0 Å². The highest BCUT2D eigenvalue weighted by molar-refractivity contribution is 5.80. The maximum absolute atomic E-state index is 13.4. The number of aliphatic hydroxyl groups excluding tert-OH is 5. The zero-order valence-corrected chi connectivity index (χ0v) is 51.0. The minimum Gasteiger partial charge on any atom is -0.454 e. The summed E-state index contributed by atoms with van der Waals surface area (Å²) in [4.78, 5) is 26.5. The van der Waals surface area contributed by atoms with Crippen molar-refractivity contribution in [3.8, 4) is 0 Å². The normalized spacial score (nSPS) is 19.2. The van der Waals surface area contributed by atoms with Crippen molar-refractivity contribution >= 4 is 11.9 Å². The number of carbonyl (C=O) groups excluding carboxylic acids is 2. The summed E-state index contributed by atoms with van der Waals surface area (Å²) in [6.45, 7) is 5.72. The molecule has 11 heteroatoms. The molecule has 0 bridgehead atoms. The Labute approximate surface area is 484 Å². The van der Waals surface area contributed by atoms with Gasteiger partial charge in [0.25, 0.3) is 0 Å². The molecule has 8 atom stereocenters. The number of hydrogen-bond donors (Lipinski definition) is 6. The number of unbranched alkanes of at least 4 members (excludes halogenated alkanes) is 34. The van der Waals surface area contributed by atoms with Gasteiger partial charge in [-0.2, -0.15) is 0 Å². The van der Waals surface area contributed by atoms with Crippen molar-refractivity contribution in [2.24, 2.45) is 0 Å². The maximum Gasteiger partial charge on any atom is 0.306 e. The van der Waals surface area contributed by atoms with Gasteiger partial charge in [0.2, 0.25) is 5.91 Å². The molecule has 0 radical (unpaired) electrons. The third-order valence-corrected chi connectivity index (χ3v) is 15.4. The van der Waals surface area contributed by atoms with Crippen LogP contribution in [-0.4, -0.2) is 99.6 Å². The second-order valence-electron chi connectivity index (χ2n) is 22.8. The van der Waals surface area contributed by atoms with E-state index in [1.807, 2.05) is 6.08 Å². The number of nitrogens with one attached hydrogen (secondary N) is 1. The molecule has 0 aromatic carbocycles. The Balaban J connectivity index is 2.53. The van der Waals surface area contributed by atoms with Gasteiger partial charge in [0.15, 0.2) is 12.4 Å². The summed E-state index contributed by atoms with van der Waals surface area (Å²) in [5.74, 6) is -1.20. The van der Waals surface area contributed by atoms with Crippen LogP contribution in [0.1, 0.15) is 297 Å². The van der Waals surface area contributed by atoms with E-state index in [0.29, 0.717) is 12.8 Å². The highest BCUT2D eigenvalue weighted by Gasteiger charge is 2.47. The van der Waals surface area contributed by atoms with E-state index in [-0.39, 0.29) is 19.4 Å². The average molecular weight is 1110 g/mol. The molecule has 1 aliphatic heterocycles. The molecule has 1 fully saturated rings. The lowest BCUT2D eigenvalue weighted by Gasteiger charge is -2.41. The summed E-state index contributed by atoms with van der Waals surface area (Å²) >= 11 is 0. The summed E-state index contributed by atoms with van der Waals surface area (Å²) in [6.07, 6.45) is 59.9. The van der Waals surface area contributed by atoms with Crippen LogP contribution in [0.4, 0.5) is 0 Å². The van der Waals surface area contributed by atoms with Gasteiger partial charge < -0.3 is 45.1 Å². The Morgan fingerprint density at radius 2 is 0.886 bits per heavy atom. The zero-order chi connectivity index (χ0) is 57.5. The van der Waals surface area contributed by atoms with E-state index in [1.165, 1.54) is 167 Å². The van der Waals surface area contributed by atoms with E-state index < -0.39 is 67.4 Å². The van der Waals surface area contributed by atoms with E-state index >= 15 is 0 Å². The van der Waals surface area contributed by atoms with E-state index in [0.717, 1.165) is 83.5 Å². The predicted octanol–water partition coefficient (Wildman–Crippen LogP) is 16.2. The number of ether oxygens (including phenoxy) is 3. The number of esters is 1. The Morgan fingerprint density at radius 3 is 1.38 bits per heavy atom. The van der Waals surface area contributed by atoms with Gasteiger partial charge in [0, 0.05) is 6.42 Å². The summed E-state index contributed by atoms with van der Waals surface area (Å²) in [5, 5.41) is 56.9. The minimum atomic E-state index is -1.62. The lowest BCUT2D eigenvalue weighted by atomic mass is 9.99. The van der Waals surface area contributed by atoms with Crippen molar-refractivity contribution in [1.82, 2.24) is 5.32 Å². The molecule has 0 saturated carbocycles. The lowest BCUT2D eigenvalue weighted by Crippen LogP contribution is -2.61. The van der Waals surface area contributed by atoms with Crippen LogP contribution >= 0.6 is 0 Å². The second kappa shape index (κ2) is 55.9. The van der Waals surface area contributed by atoms with Gasteiger partial charge >= 0.3 is 5.97 Å². The largest absolute Gasteiger partial charge is 0.454 e. The Morgan fingerprint density at radius 1 is 0.494 bits per heavy atom. The van der Waals surface area contributed by atoms with E-state index in [1.54, 1.807) is 6.08 Å². The quantitative estimate of drug-likeness (QED) is 0.0195. The standard InChI is InChI=1S/C68H123NO10/c1-4-7-10-13-16-19-22-24-25-26-27-28-29-30-31-32-33-34-35-36-37-39-41-44-47-50-53-56-63(73)79-66-65(75)64(74)62(57-70)78-68(66)77-58-59(60(71)54-51-48-45-43-40-38-23-20-17-14-11-8-5-2)69-67(76)61(72)55-52-49-46-42-21-18-15-12-9-6-3/h15-16,18-19,24-25,27-28,51,54,59-62,64-66,68,70-72,74-75H,4-14,17,20-23,26,29-50,52-53,55-58H2,1-3H3,(H,69,76)/b18-15-,19-16-,25-24-,28-27-,54-51+. The van der Waals surface area contributed by atoms with E-state index in [9.17, 15) is 35.1 Å². The van der Waals surface area contributed by atoms with Gasteiger partial charge in [-0.05, 0) is 83.5 Å². The molecule has 8 unspecified atom stereocenters. The molecular weight excluding hydrogens is 991 g/mol. The second-order valence-corrected chi connectivity index (χ2v) is 22.8. The molecule has 11 nitrogen and oxygen atoms in total. The molecule has 1 saturated heterocycles. The van der Waals surface area contributed by atoms with Gasteiger partial charge in [0.1, 0.15) is 24.4 Å². The molecule has 0 aliphatic carbocycles. The number of rotatable bonds is 56. The van der Waals surface area contributed by atoms with Gasteiger partial charge in [0.05, 0.1) is 25.4 Å². The molecule has 1 amide bonds. The van der Waals surface area contributed by atoms with Crippen molar-refractivity contribution < 1.29 is 49.3 Å². The van der Waals surface area contributed by atoms with Crippen LogP contribution in [0, 0.1) is 0 Å². The fourth-order valence-electron chi connectivity index (χ4n) is 10.1. The predicted molar refractivity (Wildman–Crippen MR) is 329 cm³/mol. The topological polar surface area (TPSA) is 175 Å². The maximum atomic E-state index is 13.4. The van der Waals surface area contributed by atoms with Gasteiger partial charge in [-0.1, -0.05) is 268 Å². The molecule has 0 aromatic heterocycles. The number of allylic oxidation sites excluding steroid dienone is 9. The number of amides is 1. The summed E-state index contributed by atoms with van der Waals surface area (Å²) < 4.78 is 17.6. The van der Waals surface area contributed by atoms with Gasteiger partial charge in [-0.25, -0.2) is 0 Å². The summed E-state index contributed by atoms with van der Waals surface area (Å²) in [7, 11) is 0. The van der Waals surface area contributed by atoms with E-state index in [2.05, 4.69) is 74.7 Å². The van der Waals surface area contributed by atoms with Gasteiger partial charge in [-0.3, -0.25) is 9.59 Å². The molecule has 0 spiro atoms. The fourth-order valence-corrected chi connectivity index (χ4v) is 10.1. The Kier molecular flexibility index (Phi) is 52.6. The average Bonchev–Trinajstić information content (AvgIpc) is 3.44. The smallest absolute Gasteiger partial charge is 0.306 e. The third-order valence-electron chi connectivity index (χ3n) is 15.4. The number of aliphatic hydroxyl groups is 5. The molecule has 460 valence electrons. The highest BCUT2D eigenvalue weighted by Crippen LogP contribution is 2.26. The third kappa shape index (κ3) is 43.7. The number of hydrogen-bond acceptors (Lipinski definition) is 10. The van der Waals surface area contributed by atoms with Crippen molar-refractivity contribution in [3.63, 3.8) is 0 Å². The minimum absolute atomic E-state index is 0.122. The first-order valence-electron chi connectivity index (χ1n) is 33.1. The van der Waals surface area contributed by atoms with Crippen molar-refractivity contribution in [1.29, 1.82) is 0 Å². The van der Waals surface area contributed by atoms with Gasteiger partial charge in [-0.15, -0.1) is 0 Å². The molecule has 6 N–H and O–H groups in total. The lowest BCUT2D eigenvalue weighted by molar-refractivity contribution is -0.305. The first kappa shape index (κ1) is 74.4. The molecule has 0 aromatic rings. The van der Waals surface area contributed by atoms with Crippen molar-refractivity contribution in [3.05, 3.63) is 60.8 Å². The number of carbonyl (C=O) groups is 2. The SMILES string of the molecule is CCCC/C=C\CCCCCCC(O)C(=O)NC(COC1OC(CO)C(O)C(O)C1OC(=O)CCCCCCCCCCCCCCCC/C=C\C/C=C\C/C=C\CCCCC)C(O)/C=C/CCCCCCCCCCCCC. The molecule has 1 heterocycles. The van der Waals surface area contributed by atoms with Crippen LogP contribution in [-0.2, 0) is 23.8 Å². The summed E-state index contributed by atoms with van der Waals surface area (Å²) in [5.41, 5.74) is 0. The van der Waals surface area contributed by atoms with E-state index in [4.69, 9.17) is 14.2 Å². The molecule has 1 aliphatic rings. The van der Waals surface area contributed by atoms with Crippen molar-refractivity contribution in [2.45, 2.75) is 346 Å². The Bertz CT molecular complexity index is 1510. The first-order valence-corrected chi connectivity index (χ1v) is 33.1. The van der Waals surface area contributed by atoms with Crippen LogP contribution < -0.4 is 5.32 Å². The molecular formula is C68H123NO10.